The first-order valence-corrected chi connectivity index (χ1v) is 11.7. The molecule has 0 aliphatic carbocycles. The Morgan fingerprint density at radius 1 is 1.12 bits per heavy atom. The minimum absolute atomic E-state index is 0.126. The molecule has 8 atom stereocenters. The first kappa shape index (κ1) is 22.2. The summed E-state index contributed by atoms with van der Waals surface area (Å²) >= 11 is -2.03. The fraction of sp³-hybridized carbons (Fsp3) is 1.00. The van der Waals surface area contributed by atoms with E-state index >= 15 is 0 Å². The van der Waals surface area contributed by atoms with Crippen LogP contribution in [0.1, 0.15) is 0 Å². The van der Waals surface area contributed by atoms with Gasteiger partial charge >= 0.3 is 142 Å². The van der Waals surface area contributed by atoms with E-state index in [-0.39, 0.29) is 10.6 Å². The van der Waals surface area contributed by atoms with Gasteiger partial charge in [-0.1, -0.05) is 0 Å². The molecule has 0 aromatic heterocycles. The molecule has 1 fully saturated rings. The standard InChI is InChI=1S/C11H22O11SSe/c12-1-5(14)10(18)11(22-23(19,20)21)7(16)4-24-3-6(15)9(17)8(24)2-13/h5-18H,1-4H2/p+1/t5-,6+,7+,8+,9-,10-,11-,24?/m1/s1. The summed E-state index contributed by atoms with van der Waals surface area (Å²) in [7, 11) is -5.08. The molecular formula is C11H23O11SSe+. The Morgan fingerprint density at radius 2 is 1.71 bits per heavy atom. The SMILES string of the molecule is O=S(=O)(O)O[C@@H]([C@H](O)[C@H](O)CO)[C@@H](O)C[Se+]1C[C@H](O)[C@@H](O)[C@@H]1CO. The number of hydrogen-bond acceptors (Lipinski definition) is 10. The van der Waals surface area contributed by atoms with Gasteiger partial charge in [0.1, 0.15) is 0 Å². The van der Waals surface area contributed by atoms with E-state index in [9.17, 15) is 39.1 Å². The third kappa shape index (κ3) is 5.83. The van der Waals surface area contributed by atoms with Crippen molar-refractivity contribution in [3.8, 4) is 0 Å². The van der Waals surface area contributed by atoms with E-state index in [0.717, 1.165) is 0 Å². The van der Waals surface area contributed by atoms with Crippen molar-refractivity contribution in [1.29, 1.82) is 0 Å². The molecule has 8 N–H and O–H groups in total. The molecule has 24 heavy (non-hydrogen) atoms. The van der Waals surface area contributed by atoms with Crippen molar-refractivity contribution in [2.45, 2.75) is 52.1 Å². The number of aliphatic hydroxyl groups is 7. The van der Waals surface area contributed by atoms with Crippen LogP contribution >= 0.6 is 0 Å². The van der Waals surface area contributed by atoms with E-state index in [4.69, 9.17) is 9.66 Å². The van der Waals surface area contributed by atoms with Crippen LogP contribution in [0.15, 0.2) is 0 Å². The fourth-order valence-corrected chi connectivity index (χ4v) is 8.57. The van der Waals surface area contributed by atoms with Gasteiger partial charge in [-0.3, -0.25) is 0 Å². The second kappa shape index (κ2) is 9.16. The zero-order chi connectivity index (χ0) is 18.7. The maximum absolute atomic E-state index is 10.9. The van der Waals surface area contributed by atoms with Crippen LogP contribution in [-0.4, -0.2) is 112 Å². The van der Waals surface area contributed by atoms with E-state index in [1.54, 1.807) is 0 Å². The summed E-state index contributed by atoms with van der Waals surface area (Å²) < 4.78 is 34.7. The molecule has 0 spiro atoms. The zero-order valence-corrected chi connectivity index (χ0v) is 15.0. The van der Waals surface area contributed by atoms with Crippen LogP contribution in [0.4, 0.5) is 0 Å². The quantitative estimate of drug-likeness (QED) is 0.127. The molecule has 1 heterocycles. The van der Waals surface area contributed by atoms with Gasteiger partial charge in [-0.15, -0.1) is 0 Å². The van der Waals surface area contributed by atoms with Gasteiger partial charge in [0.05, 0.1) is 0 Å². The molecule has 1 saturated heterocycles. The first-order valence-electron chi connectivity index (χ1n) is 6.95. The topological polar surface area (TPSA) is 205 Å². The second-order valence-electron chi connectivity index (χ2n) is 5.45. The number of hydrogen-bond donors (Lipinski definition) is 8. The fourth-order valence-electron chi connectivity index (χ4n) is 2.42. The summed E-state index contributed by atoms with van der Waals surface area (Å²) in [5.41, 5.74) is 0. The van der Waals surface area contributed by atoms with E-state index in [2.05, 4.69) is 4.18 Å². The van der Waals surface area contributed by atoms with Crippen LogP contribution < -0.4 is 0 Å². The molecule has 0 amide bonds. The Labute approximate surface area is 143 Å². The van der Waals surface area contributed by atoms with Gasteiger partial charge in [-0.2, -0.15) is 0 Å². The predicted molar refractivity (Wildman–Crippen MR) is 79.7 cm³/mol. The van der Waals surface area contributed by atoms with Gasteiger partial charge in [0.25, 0.3) is 0 Å². The van der Waals surface area contributed by atoms with Crippen LogP contribution in [0.3, 0.4) is 0 Å². The molecule has 1 unspecified atom stereocenters. The number of aliphatic hydroxyl groups excluding tert-OH is 7. The summed E-state index contributed by atoms with van der Waals surface area (Å²) in [6.45, 7) is -1.39. The van der Waals surface area contributed by atoms with Crippen LogP contribution in [0.2, 0.25) is 15.5 Å². The molecule has 1 aliphatic heterocycles. The predicted octanol–water partition coefficient (Wildman–Crippen LogP) is -4.16. The monoisotopic (exact) mass is 443 g/mol. The van der Waals surface area contributed by atoms with Crippen LogP contribution in [0.5, 0.6) is 0 Å². The Morgan fingerprint density at radius 3 is 2.17 bits per heavy atom. The van der Waals surface area contributed by atoms with Crippen molar-refractivity contribution in [3.05, 3.63) is 0 Å². The summed E-state index contributed by atoms with van der Waals surface area (Å²) in [6, 6.07) is 0. The molecule has 11 nitrogen and oxygen atoms in total. The van der Waals surface area contributed by atoms with Crippen molar-refractivity contribution in [3.63, 3.8) is 0 Å². The van der Waals surface area contributed by atoms with E-state index in [1.807, 2.05) is 0 Å². The Bertz CT molecular complexity index is 488. The zero-order valence-electron chi connectivity index (χ0n) is 12.5. The molecule has 13 heteroatoms. The molecule has 144 valence electrons. The second-order valence-corrected chi connectivity index (χ2v) is 11.4. The van der Waals surface area contributed by atoms with Crippen LogP contribution in [-0.2, 0) is 14.6 Å². The Kier molecular flexibility index (Phi) is 8.46. The van der Waals surface area contributed by atoms with Gasteiger partial charge in [0.15, 0.2) is 0 Å². The van der Waals surface area contributed by atoms with Gasteiger partial charge in [0, 0.05) is 0 Å². The summed E-state index contributed by atoms with van der Waals surface area (Å²) in [4.78, 5) is -0.666. The number of rotatable bonds is 9. The van der Waals surface area contributed by atoms with Gasteiger partial charge in [-0.25, -0.2) is 0 Å². The van der Waals surface area contributed by atoms with Crippen molar-refractivity contribution >= 4 is 24.3 Å². The molecule has 0 bridgehead atoms. The molecule has 0 saturated carbocycles. The molecule has 1 aliphatic rings. The summed E-state index contributed by atoms with van der Waals surface area (Å²) in [6.07, 6.45) is -9.80. The molecule has 0 aromatic rings. The van der Waals surface area contributed by atoms with Crippen molar-refractivity contribution in [1.82, 2.24) is 0 Å². The van der Waals surface area contributed by atoms with E-state index in [1.165, 1.54) is 0 Å². The average molecular weight is 442 g/mol. The van der Waals surface area contributed by atoms with Gasteiger partial charge in [-0.05, 0) is 0 Å². The molecule has 0 aromatic carbocycles. The summed E-state index contributed by atoms with van der Waals surface area (Å²) in [5.74, 6) is 0. The van der Waals surface area contributed by atoms with Crippen LogP contribution in [0.25, 0.3) is 0 Å². The van der Waals surface area contributed by atoms with Crippen molar-refractivity contribution in [2.24, 2.45) is 0 Å². The first-order chi connectivity index (χ1) is 11.0. The average Bonchev–Trinajstić information content (AvgIpc) is 2.76. The normalized spacial score (nSPS) is 33.2. The van der Waals surface area contributed by atoms with E-state index < -0.39 is 79.0 Å². The third-order valence-electron chi connectivity index (χ3n) is 3.68. The van der Waals surface area contributed by atoms with E-state index in [0.29, 0.717) is 0 Å². The van der Waals surface area contributed by atoms with Crippen molar-refractivity contribution < 1.29 is 52.9 Å². The van der Waals surface area contributed by atoms with Crippen molar-refractivity contribution in [2.75, 3.05) is 13.2 Å². The van der Waals surface area contributed by atoms with Gasteiger partial charge in [0.2, 0.25) is 0 Å². The minimum atomic E-state index is -5.08. The third-order valence-corrected chi connectivity index (χ3v) is 10.1. The Hall–Kier alpha value is 0.109. The Balaban J connectivity index is 2.89. The summed E-state index contributed by atoms with van der Waals surface area (Å²) in [5, 5.41) is 66.8. The molecule has 0 radical (unpaired) electrons. The van der Waals surface area contributed by atoms with Gasteiger partial charge < -0.3 is 0 Å². The maximum atomic E-state index is 10.9. The van der Waals surface area contributed by atoms with Crippen LogP contribution in [0, 0.1) is 0 Å². The molecule has 1 rings (SSSR count). The molecular weight excluding hydrogens is 419 g/mol.